The molecule has 1 saturated carbocycles. The van der Waals surface area contributed by atoms with Gasteiger partial charge in [0.15, 0.2) is 0 Å². The van der Waals surface area contributed by atoms with Crippen LogP contribution in [0.25, 0.3) is 0 Å². The molecule has 1 saturated heterocycles. The average molecular weight is 153 g/mol. The molecule has 2 aliphatic rings. The molecule has 64 valence electrons. The van der Waals surface area contributed by atoms with Gasteiger partial charge >= 0.3 is 0 Å². The van der Waals surface area contributed by atoms with Gasteiger partial charge in [-0.3, -0.25) is 0 Å². The van der Waals surface area contributed by atoms with Gasteiger partial charge in [0.25, 0.3) is 0 Å². The lowest BCUT2D eigenvalue weighted by molar-refractivity contribution is 0.151. The highest BCUT2D eigenvalue weighted by Crippen LogP contribution is 2.38. The highest BCUT2D eigenvalue weighted by Gasteiger charge is 2.29. The third-order valence-electron chi connectivity index (χ3n) is 3.48. The summed E-state index contributed by atoms with van der Waals surface area (Å²) in [6, 6.07) is 0.786. The first kappa shape index (κ1) is 7.60. The van der Waals surface area contributed by atoms with Crippen molar-refractivity contribution in [2.75, 3.05) is 6.54 Å². The summed E-state index contributed by atoms with van der Waals surface area (Å²) in [4.78, 5) is 0. The van der Waals surface area contributed by atoms with Gasteiger partial charge in [0.1, 0.15) is 0 Å². The number of hydrogen-bond donors (Lipinski definition) is 1. The van der Waals surface area contributed by atoms with Crippen LogP contribution in [0.4, 0.5) is 0 Å². The van der Waals surface area contributed by atoms with Crippen LogP contribution in [0.2, 0.25) is 0 Å². The highest BCUT2D eigenvalue weighted by molar-refractivity contribution is 4.83. The fourth-order valence-electron chi connectivity index (χ4n) is 2.51. The van der Waals surface area contributed by atoms with E-state index >= 15 is 0 Å². The largest absolute Gasteiger partial charge is 0.314 e. The van der Waals surface area contributed by atoms with Gasteiger partial charge in [0, 0.05) is 6.04 Å². The van der Waals surface area contributed by atoms with Crippen molar-refractivity contribution in [3.63, 3.8) is 0 Å². The standard InChI is InChI=1S/C10H19N/c1-8-7-10(5-6-11-8)9-3-2-4-9/h8-11H,2-7H2,1H3/t8-,10?/m0/s1. The molecule has 1 heterocycles. The predicted molar refractivity (Wildman–Crippen MR) is 47.5 cm³/mol. The zero-order valence-corrected chi connectivity index (χ0v) is 7.47. The van der Waals surface area contributed by atoms with Crippen LogP contribution < -0.4 is 5.32 Å². The number of piperidine rings is 1. The predicted octanol–water partition coefficient (Wildman–Crippen LogP) is 2.17. The Hall–Kier alpha value is -0.0400. The summed E-state index contributed by atoms with van der Waals surface area (Å²) in [5.74, 6) is 2.18. The minimum Gasteiger partial charge on any atom is -0.314 e. The van der Waals surface area contributed by atoms with Crippen LogP contribution in [0.1, 0.15) is 39.0 Å². The Morgan fingerprint density at radius 1 is 1.09 bits per heavy atom. The van der Waals surface area contributed by atoms with Crippen molar-refractivity contribution in [3.8, 4) is 0 Å². The van der Waals surface area contributed by atoms with Crippen molar-refractivity contribution >= 4 is 0 Å². The lowest BCUT2D eigenvalue weighted by Gasteiger charge is -2.38. The Kier molecular flexibility index (Phi) is 2.17. The monoisotopic (exact) mass is 153 g/mol. The average Bonchev–Trinajstić information content (AvgIpc) is 1.83. The van der Waals surface area contributed by atoms with Crippen molar-refractivity contribution in [2.24, 2.45) is 11.8 Å². The molecule has 1 aliphatic heterocycles. The number of rotatable bonds is 1. The van der Waals surface area contributed by atoms with E-state index in [1.54, 1.807) is 0 Å². The first-order chi connectivity index (χ1) is 5.36. The lowest BCUT2D eigenvalue weighted by Crippen LogP contribution is -2.39. The van der Waals surface area contributed by atoms with Crippen molar-refractivity contribution < 1.29 is 0 Å². The Morgan fingerprint density at radius 2 is 1.91 bits per heavy atom. The summed E-state index contributed by atoms with van der Waals surface area (Å²) in [7, 11) is 0. The molecule has 2 fully saturated rings. The van der Waals surface area contributed by atoms with Crippen molar-refractivity contribution in [1.29, 1.82) is 0 Å². The Labute approximate surface area is 69.6 Å². The molecule has 0 aromatic heterocycles. The van der Waals surface area contributed by atoms with Gasteiger partial charge in [-0.2, -0.15) is 0 Å². The number of hydrogen-bond acceptors (Lipinski definition) is 1. The van der Waals surface area contributed by atoms with Gasteiger partial charge in [-0.1, -0.05) is 19.3 Å². The zero-order chi connectivity index (χ0) is 7.68. The van der Waals surface area contributed by atoms with Crippen LogP contribution in [0, 0.1) is 11.8 Å². The maximum Gasteiger partial charge on any atom is 0.00414 e. The SMILES string of the molecule is C[C@H]1CC(C2CCC2)CCN1. The minimum atomic E-state index is 0.786. The molecule has 0 spiro atoms. The zero-order valence-electron chi connectivity index (χ0n) is 7.47. The van der Waals surface area contributed by atoms with Crippen molar-refractivity contribution in [1.82, 2.24) is 5.32 Å². The van der Waals surface area contributed by atoms with Gasteiger partial charge in [-0.25, -0.2) is 0 Å². The quantitative estimate of drug-likeness (QED) is 0.609. The molecule has 1 aliphatic carbocycles. The number of nitrogens with one attached hydrogen (secondary N) is 1. The maximum absolute atomic E-state index is 3.51. The second kappa shape index (κ2) is 3.14. The summed E-state index contributed by atoms with van der Waals surface area (Å²) in [5.41, 5.74) is 0. The summed E-state index contributed by atoms with van der Waals surface area (Å²) in [6.45, 7) is 3.59. The Bertz CT molecular complexity index is 129. The topological polar surface area (TPSA) is 12.0 Å². The second-order valence-electron chi connectivity index (χ2n) is 4.33. The molecule has 0 aromatic rings. The van der Waals surface area contributed by atoms with E-state index in [0.717, 1.165) is 17.9 Å². The molecule has 1 N–H and O–H groups in total. The molecular formula is C10H19N. The van der Waals surface area contributed by atoms with Crippen LogP contribution in [-0.2, 0) is 0 Å². The fraction of sp³-hybridized carbons (Fsp3) is 1.00. The second-order valence-corrected chi connectivity index (χ2v) is 4.33. The van der Waals surface area contributed by atoms with E-state index in [4.69, 9.17) is 0 Å². The van der Waals surface area contributed by atoms with Crippen molar-refractivity contribution in [2.45, 2.75) is 45.1 Å². The third-order valence-corrected chi connectivity index (χ3v) is 3.48. The molecule has 1 heteroatoms. The molecule has 0 radical (unpaired) electrons. The van der Waals surface area contributed by atoms with Crippen LogP contribution in [-0.4, -0.2) is 12.6 Å². The summed E-state index contributed by atoms with van der Waals surface area (Å²) in [6.07, 6.45) is 7.43. The van der Waals surface area contributed by atoms with Gasteiger partial charge in [0.05, 0.1) is 0 Å². The van der Waals surface area contributed by atoms with Gasteiger partial charge in [0.2, 0.25) is 0 Å². The van der Waals surface area contributed by atoms with E-state index in [0.29, 0.717) is 0 Å². The van der Waals surface area contributed by atoms with Crippen LogP contribution >= 0.6 is 0 Å². The fourth-order valence-corrected chi connectivity index (χ4v) is 2.51. The smallest absolute Gasteiger partial charge is 0.00414 e. The third kappa shape index (κ3) is 1.58. The van der Waals surface area contributed by atoms with E-state index in [9.17, 15) is 0 Å². The summed E-state index contributed by atoms with van der Waals surface area (Å²) in [5, 5.41) is 3.51. The van der Waals surface area contributed by atoms with E-state index in [2.05, 4.69) is 12.2 Å². The van der Waals surface area contributed by atoms with E-state index < -0.39 is 0 Å². The molecular weight excluding hydrogens is 134 g/mol. The molecule has 2 rings (SSSR count). The molecule has 1 nitrogen and oxygen atoms in total. The molecule has 0 aromatic carbocycles. The first-order valence-corrected chi connectivity index (χ1v) is 5.09. The van der Waals surface area contributed by atoms with E-state index in [1.165, 1.54) is 38.6 Å². The highest BCUT2D eigenvalue weighted by atomic mass is 14.9. The Balaban J connectivity index is 1.82. The van der Waals surface area contributed by atoms with Crippen LogP contribution in [0.15, 0.2) is 0 Å². The molecule has 0 bridgehead atoms. The summed E-state index contributed by atoms with van der Waals surface area (Å²) >= 11 is 0. The van der Waals surface area contributed by atoms with E-state index in [1.807, 2.05) is 0 Å². The summed E-state index contributed by atoms with van der Waals surface area (Å²) < 4.78 is 0. The normalized spacial score (nSPS) is 40.1. The first-order valence-electron chi connectivity index (χ1n) is 5.09. The molecule has 1 unspecified atom stereocenters. The molecule has 2 atom stereocenters. The van der Waals surface area contributed by atoms with Crippen LogP contribution in [0.3, 0.4) is 0 Å². The van der Waals surface area contributed by atoms with Gasteiger partial charge < -0.3 is 5.32 Å². The maximum atomic E-state index is 3.51. The van der Waals surface area contributed by atoms with Gasteiger partial charge in [-0.05, 0) is 38.1 Å². The van der Waals surface area contributed by atoms with Gasteiger partial charge in [-0.15, -0.1) is 0 Å². The van der Waals surface area contributed by atoms with E-state index in [-0.39, 0.29) is 0 Å². The van der Waals surface area contributed by atoms with Crippen LogP contribution in [0.5, 0.6) is 0 Å². The molecule has 0 amide bonds. The lowest BCUT2D eigenvalue weighted by atomic mass is 9.71. The Morgan fingerprint density at radius 3 is 2.45 bits per heavy atom. The minimum absolute atomic E-state index is 0.786. The molecule has 11 heavy (non-hydrogen) atoms. The van der Waals surface area contributed by atoms with Crippen molar-refractivity contribution in [3.05, 3.63) is 0 Å².